The molecule has 0 aliphatic rings. The quantitative estimate of drug-likeness (QED) is 0.571. The van der Waals surface area contributed by atoms with Crippen molar-refractivity contribution in [2.75, 3.05) is 0 Å². The van der Waals surface area contributed by atoms with Crippen molar-refractivity contribution in [3.05, 3.63) is 29.3 Å². The lowest BCUT2D eigenvalue weighted by Gasteiger charge is -2.00. The summed E-state index contributed by atoms with van der Waals surface area (Å²) in [7, 11) is 2.17. The minimum Gasteiger partial charge on any atom is -0.204 e. The molecule has 0 amide bonds. The van der Waals surface area contributed by atoms with Gasteiger partial charge in [0.15, 0.2) is 11.6 Å². The van der Waals surface area contributed by atoms with E-state index in [1.165, 1.54) is 6.07 Å². The van der Waals surface area contributed by atoms with Crippen LogP contribution >= 0.6 is 9.24 Å². The van der Waals surface area contributed by atoms with E-state index in [1.807, 2.05) is 6.92 Å². The Balaban J connectivity index is 3.21. The number of halogens is 2. The molecule has 11 heavy (non-hydrogen) atoms. The molecular formula is C8H9F2P. The van der Waals surface area contributed by atoms with Gasteiger partial charge in [-0.1, -0.05) is 6.92 Å². The molecule has 1 aromatic rings. The van der Waals surface area contributed by atoms with E-state index in [0.717, 1.165) is 12.0 Å². The molecule has 1 aromatic carbocycles. The Morgan fingerprint density at radius 3 is 2.45 bits per heavy atom. The number of hydrogen-bond acceptors (Lipinski definition) is 0. The second kappa shape index (κ2) is 3.27. The molecule has 1 rings (SSSR count). The number of rotatable bonds is 1. The molecule has 0 fully saturated rings. The van der Waals surface area contributed by atoms with Gasteiger partial charge in [-0.15, -0.1) is 9.24 Å². The fourth-order valence-electron chi connectivity index (χ4n) is 0.873. The predicted octanol–water partition coefficient (Wildman–Crippen LogP) is 2.03. The lowest BCUT2D eigenvalue weighted by atomic mass is 10.2. The highest BCUT2D eigenvalue weighted by Gasteiger charge is 2.05. The van der Waals surface area contributed by atoms with Crippen LogP contribution in [0.4, 0.5) is 8.78 Å². The van der Waals surface area contributed by atoms with E-state index < -0.39 is 11.6 Å². The number of hydrogen-bond donors (Lipinski definition) is 0. The van der Waals surface area contributed by atoms with Gasteiger partial charge in [0.2, 0.25) is 0 Å². The first-order chi connectivity index (χ1) is 5.15. The van der Waals surface area contributed by atoms with Crippen molar-refractivity contribution in [1.29, 1.82) is 0 Å². The maximum absolute atomic E-state index is 12.7. The first-order valence-corrected chi connectivity index (χ1v) is 3.96. The molecule has 1 atom stereocenters. The average molecular weight is 174 g/mol. The lowest BCUT2D eigenvalue weighted by molar-refractivity contribution is 0.513. The topological polar surface area (TPSA) is 0 Å². The zero-order chi connectivity index (χ0) is 8.43. The summed E-state index contributed by atoms with van der Waals surface area (Å²) in [6.45, 7) is 1.90. The van der Waals surface area contributed by atoms with Crippen molar-refractivity contribution in [2.45, 2.75) is 13.3 Å². The molecule has 0 aliphatic heterocycles. The maximum Gasteiger partial charge on any atom is 0.165 e. The third kappa shape index (κ3) is 1.75. The smallest absolute Gasteiger partial charge is 0.165 e. The van der Waals surface area contributed by atoms with Crippen molar-refractivity contribution in [3.8, 4) is 0 Å². The van der Waals surface area contributed by atoms with Crippen LogP contribution in [0.2, 0.25) is 0 Å². The number of aryl methyl sites for hydroxylation is 1. The van der Waals surface area contributed by atoms with Crippen LogP contribution in [0.15, 0.2) is 12.1 Å². The summed E-state index contributed by atoms with van der Waals surface area (Å²) in [5.74, 6) is -1.54. The molecule has 0 aromatic heterocycles. The normalized spacial score (nSPS) is 10.2. The number of benzene rings is 1. The van der Waals surface area contributed by atoms with Crippen molar-refractivity contribution >= 4 is 14.5 Å². The third-order valence-electron chi connectivity index (χ3n) is 1.52. The van der Waals surface area contributed by atoms with Crippen LogP contribution in [0, 0.1) is 11.6 Å². The first-order valence-electron chi connectivity index (χ1n) is 3.38. The summed E-state index contributed by atoms with van der Waals surface area (Å²) < 4.78 is 25.3. The van der Waals surface area contributed by atoms with Crippen LogP contribution in [0.5, 0.6) is 0 Å². The Morgan fingerprint density at radius 2 is 2.00 bits per heavy atom. The van der Waals surface area contributed by atoms with Gasteiger partial charge < -0.3 is 0 Å². The maximum atomic E-state index is 12.7. The van der Waals surface area contributed by atoms with Crippen LogP contribution in [0.25, 0.3) is 0 Å². The molecule has 0 heterocycles. The van der Waals surface area contributed by atoms with E-state index in [1.54, 1.807) is 6.07 Å². The summed E-state index contributed by atoms with van der Waals surface area (Å²) in [5.41, 5.74) is 0.814. The van der Waals surface area contributed by atoms with E-state index in [-0.39, 0.29) is 0 Å². The molecule has 0 saturated heterocycles. The molecule has 1 unspecified atom stereocenters. The van der Waals surface area contributed by atoms with Crippen molar-refractivity contribution in [3.63, 3.8) is 0 Å². The zero-order valence-corrected chi connectivity index (χ0v) is 7.35. The Bertz CT molecular complexity index is 248. The largest absolute Gasteiger partial charge is 0.204 e. The van der Waals surface area contributed by atoms with Crippen LogP contribution in [-0.4, -0.2) is 0 Å². The standard InChI is InChI=1S/C8H9F2P/c1-2-5-3-6(9)8(10)7(11)4-5/h3-4H,2,11H2,1H3. The van der Waals surface area contributed by atoms with Crippen LogP contribution in [-0.2, 0) is 6.42 Å². The second-order valence-electron chi connectivity index (χ2n) is 2.33. The van der Waals surface area contributed by atoms with Crippen LogP contribution in [0.3, 0.4) is 0 Å². The van der Waals surface area contributed by atoms with Crippen LogP contribution < -0.4 is 5.30 Å². The summed E-state index contributed by atoms with van der Waals surface area (Å²) in [4.78, 5) is 0. The first kappa shape index (κ1) is 8.61. The molecule has 0 radical (unpaired) electrons. The van der Waals surface area contributed by atoms with Gasteiger partial charge in [-0.3, -0.25) is 0 Å². The highest BCUT2D eigenvalue weighted by atomic mass is 31.0. The summed E-state index contributed by atoms with van der Waals surface area (Å²) in [6, 6.07) is 2.85. The summed E-state index contributed by atoms with van der Waals surface area (Å²) in [5, 5.41) is 0.293. The van der Waals surface area contributed by atoms with Gasteiger partial charge in [-0.25, -0.2) is 8.78 Å². The highest BCUT2D eigenvalue weighted by molar-refractivity contribution is 7.27. The third-order valence-corrected chi connectivity index (χ3v) is 1.94. The molecule has 0 bridgehead atoms. The predicted molar refractivity (Wildman–Crippen MR) is 45.1 cm³/mol. The molecule has 60 valence electrons. The Hall–Kier alpha value is -0.490. The van der Waals surface area contributed by atoms with E-state index >= 15 is 0 Å². The van der Waals surface area contributed by atoms with E-state index in [2.05, 4.69) is 9.24 Å². The lowest BCUT2D eigenvalue weighted by Crippen LogP contribution is -2.03. The fourth-order valence-corrected chi connectivity index (χ4v) is 1.22. The van der Waals surface area contributed by atoms with Crippen LogP contribution in [0.1, 0.15) is 12.5 Å². The van der Waals surface area contributed by atoms with Gasteiger partial charge in [0.25, 0.3) is 0 Å². The van der Waals surface area contributed by atoms with Gasteiger partial charge in [0.1, 0.15) is 0 Å². The Labute approximate surface area is 66.8 Å². The second-order valence-corrected chi connectivity index (χ2v) is 2.96. The molecule has 0 nitrogen and oxygen atoms in total. The average Bonchev–Trinajstić information content (AvgIpc) is 1.99. The van der Waals surface area contributed by atoms with Crippen molar-refractivity contribution < 1.29 is 8.78 Å². The van der Waals surface area contributed by atoms with Gasteiger partial charge in [-0.05, 0) is 24.1 Å². The molecule has 0 spiro atoms. The van der Waals surface area contributed by atoms with Gasteiger partial charge in [0, 0.05) is 5.30 Å². The highest BCUT2D eigenvalue weighted by Crippen LogP contribution is 2.09. The van der Waals surface area contributed by atoms with Crippen molar-refractivity contribution in [2.24, 2.45) is 0 Å². The molecule has 0 saturated carbocycles. The van der Waals surface area contributed by atoms with E-state index in [4.69, 9.17) is 0 Å². The van der Waals surface area contributed by atoms with Gasteiger partial charge in [-0.2, -0.15) is 0 Å². The Morgan fingerprint density at radius 1 is 1.36 bits per heavy atom. The summed E-state index contributed by atoms with van der Waals surface area (Å²) >= 11 is 0. The molecule has 3 heteroatoms. The van der Waals surface area contributed by atoms with E-state index in [0.29, 0.717) is 5.30 Å². The van der Waals surface area contributed by atoms with Crippen molar-refractivity contribution in [1.82, 2.24) is 0 Å². The molecule has 0 aliphatic carbocycles. The Kier molecular flexibility index (Phi) is 2.56. The molecule has 0 N–H and O–H groups in total. The minimum atomic E-state index is -0.771. The van der Waals surface area contributed by atoms with Gasteiger partial charge in [0.05, 0.1) is 0 Å². The molecular weight excluding hydrogens is 165 g/mol. The van der Waals surface area contributed by atoms with E-state index in [9.17, 15) is 8.78 Å². The zero-order valence-electron chi connectivity index (χ0n) is 6.20. The fraction of sp³-hybridized carbons (Fsp3) is 0.250. The van der Waals surface area contributed by atoms with Gasteiger partial charge >= 0.3 is 0 Å². The minimum absolute atomic E-state index is 0.293. The monoisotopic (exact) mass is 174 g/mol. The summed E-state index contributed by atoms with van der Waals surface area (Å²) in [6.07, 6.45) is 0.721. The SMILES string of the molecule is CCc1cc(F)c(F)c(P)c1.